The normalized spacial score (nSPS) is 23.1. The lowest BCUT2D eigenvalue weighted by molar-refractivity contribution is 0.363. The molecule has 2 aliphatic rings. The summed E-state index contributed by atoms with van der Waals surface area (Å²) < 4.78 is 0. The molecule has 1 aromatic carbocycles. The maximum atomic E-state index is 3.66. The van der Waals surface area contributed by atoms with E-state index in [1.807, 2.05) is 0 Å². The molecule has 0 aromatic heterocycles. The Morgan fingerprint density at radius 3 is 2.71 bits per heavy atom. The Bertz CT molecular complexity index is 340. The van der Waals surface area contributed by atoms with Gasteiger partial charge >= 0.3 is 0 Å². The molecule has 74 valence electrons. The summed E-state index contributed by atoms with van der Waals surface area (Å²) in [6.07, 6.45) is 5.23. The molecule has 1 saturated carbocycles. The van der Waals surface area contributed by atoms with E-state index in [9.17, 15) is 0 Å². The third-order valence-corrected chi connectivity index (χ3v) is 3.47. The zero-order valence-corrected chi connectivity index (χ0v) is 8.34. The van der Waals surface area contributed by atoms with Crippen LogP contribution in [0.4, 0.5) is 5.69 Å². The first-order valence-corrected chi connectivity index (χ1v) is 5.49. The van der Waals surface area contributed by atoms with E-state index in [4.69, 9.17) is 0 Å². The largest absolute Gasteiger partial charge is 0.367 e. The topological polar surface area (TPSA) is 24.1 Å². The zero-order chi connectivity index (χ0) is 9.43. The predicted octanol–water partition coefficient (Wildman–Crippen LogP) is 2.47. The lowest BCUT2D eigenvalue weighted by Gasteiger charge is -2.38. The highest BCUT2D eigenvalue weighted by Gasteiger charge is 2.35. The van der Waals surface area contributed by atoms with Crippen molar-refractivity contribution >= 4 is 5.69 Å². The minimum absolute atomic E-state index is 0.217. The second-order valence-corrected chi connectivity index (χ2v) is 4.42. The van der Waals surface area contributed by atoms with Crippen molar-refractivity contribution < 1.29 is 0 Å². The maximum Gasteiger partial charge on any atom is 0.0884 e. The van der Waals surface area contributed by atoms with Crippen molar-refractivity contribution in [3.05, 3.63) is 29.8 Å². The molecule has 3 rings (SSSR count). The van der Waals surface area contributed by atoms with E-state index >= 15 is 0 Å². The summed E-state index contributed by atoms with van der Waals surface area (Å²) in [5.74, 6) is 0. The average Bonchev–Trinajstić information content (AvgIpc) is 2.66. The van der Waals surface area contributed by atoms with Crippen LogP contribution in [0.1, 0.15) is 31.2 Å². The number of benzene rings is 1. The van der Waals surface area contributed by atoms with Gasteiger partial charge in [-0.15, -0.1) is 0 Å². The molecule has 0 radical (unpaired) electrons. The van der Waals surface area contributed by atoms with Crippen LogP contribution in [-0.4, -0.2) is 5.66 Å². The van der Waals surface area contributed by atoms with Crippen molar-refractivity contribution in [1.82, 2.24) is 5.32 Å². The quantitative estimate of drug-likeness (QED) is 0.653. The van der Waals surface area contributed by atoms with Gasteiger partial charge < -0.3 is 5.32 Å². The van der Waals surface area contributed by atoms with Gasteiger partial charge in [0.1, 0.15) is 0 Å². The van der Waals surface area contributed by atoms with Gasteiger partial charge in [0.05, 0.1) is 5.66 Å². The third kappa shape index (κ3) is 1.22. The summed E-state index contributed by atoms with van der Waals surface area (Å²) in [6, 6.07) is 8.60. The van der Waals surface area contributed by atoms with Crippen molar-refractivity contribution in [1.29, 1.82) is 0 Å². The van der Waals surface area contributed by atoms with E-state index in [1.165, 1.54) is 36.9 Å². The Kier molecular flexibility index (Phi) is 1.77. The predicted molar refractivity (Wildman–Crippen MR) is 58.1 cm³/mol. The molecule has 2 heteroatoms. The Morgan fingerprint density at radius 2 is 1.86 bits per heavy atom. The molecule has 0 bridgehead atoms. The number of nitrogens with one attached hydrogen (secondary N) is 2. The van der Waals surface area contributed by atoms with Gasteiger partial charge in [-0.3, -0.25) is 5.32 Å². The van der Waals surface area contributed by atoms with Crippen LogP contribution >= 0.6 is 0 Å². The van der Waals surface area contributed by atoms with Crippen molar-refractivity contribution in [2.45, 2.75) is 37.9 Å². The summed E-state index contributed by atoms with van der Waals surface area (Å²) in [5, 5.41) is 7.30. The fourth-order valence-corrected chi connectivity index (χ4v) is 2.64. The van der Waals surface area contributed by atoms with Crippen molar-refractivity contribution in [2.24, 2.45) is 0 Å². The van der Waals surface area contributed by atoms with Crippen LogP contribution in [-0.2, 0) is 6.54 Å². The van der Waals surface area contributed by atoms with Crippen LogP contribution in [0.5, 0.6) is 0 Å². The van der Waals surface area contributed by atoms with E-state index in [0.717, 1.165) is 6.54 Å². The Morgan fingerprint density at radius 1 is 1.07 bits per heavy atom. The van der Waals surface area contributed by atoms with Gasteiger partial charge in [0.15, 0.2) is 0 Å². The van der Waals surface area contributed by atoms with E-state index in [1.54, 1.807) is 0 Å². The highest BCUT2D eigenvalue weighted by molar-refractivity contribution is 5.54. The van der Waals surface area contributed by atoms with E-state index in [-0.39, 0.29) is 5.66 Å². The molecular formula is C12H16N2. The zero-order valence-electron chi connectivity index (χ0n) is 8.34. The second-order valence-electron chi connectivity index (χ2n) is 4.42. The molecular weight excluding hydrogens is 172 g/mol. The molecule has 0 unspecified atom stereocenters. The van der Waals surface area contributed by atoms with Crippen LogP contribution in [0.2, 0.25) is 0 Å². The molecule has 2 nitrogen and oxygen atoms in total. The van der Waals surface area contributed by atoms with Crippen molar-refractivity contribution in [2.75, 3.05) is 5.32 Å². The minimum Gasteiger partial charge on any atom is -0.367 e. The van der Waals surface area contributed by atoms with Gasteiger partial charge in [-0.2, -0.15) is 0 Å². The summed E-state index contributed by atoms with van der Waals surface area (Å²) >= 11 is 0. The first kappa shape index (κ1) is 8.30. The lowest BCUT2D eigenvalue weighted by Crippen LogP contribution is -2.52. The fourth-order valence-electron chi connectivity index (χ4n) is 2.64. The Hall–Kier alpha value is -1.02. The van der Waals surface area contributed by atoms with Crippen LogP contribution in [0, 0.1) is 0 Å². The SMILES string of the molecule is c1ccc2c(c1)CNC1(CCCC1)N2. The van der Waals surface area contributed by atoms with Gasteiger partial charge in [-0.25, -0.2) is 0 Å². The van der Waals surface area contributed by atoms with Gasteiger partial charge in [0.25, 0.3) is 0 Å². The van der Waals surface area contributed by atoms with Crippen molar-refractivity contribution in [3.8, 4) is 0 Å². The number of rotatable bonds is 0. The van der Waals surface area contributed by atoms with E-state index < -0.39 is 0 Å². The number of fused-ring (bicyclic) bond motifs is 1. The molecule has 0 saturated heterocycles. The third-order valence-electron chi connectivity index (χ3n) is 3.47. The van der Waals surface area contributed by atoms with Crippen molar-refractivity contribution in [3.63, 3.8) is 0 Å². The smallest absolute Gasteiger partial charge is 0.0884 e. The average molecular weight is 188 g/mol. The first-order chi connectivity index (χ1) is 6.88. The molecule has 14 heavy (non-hydrogen) atoms. The molecule has 2 N–H and O–H groups in total. The standard InChI is InChI=1S/C12H16N2/c1-2-6-11-10(5-1)9-13-12(14-11)7-3-4-8-12/h1-2,5-6,13-14H,3-4,7-9H2. The molecule has 1 heterocycles. The summed E-state index contributed by atoms with van der Waals surface area (Å²) in [6.45, 7) is 1.02. The van der Waals surface area contributed by atoms with Gasteiger partial charge in [0.2, 0.25) is 0 Å². The van der Waals surface area contributed by atoms with E-state index in [2.05, 4.69) is 34.9 Å². The van der Waals surface area contributed by atoms with Gasteiger partial charge in [0, 0.05) is 12.2 Å². The van der Waals surface area contributed by atoms with Crippen LogP contribution in [0.25, 0.3) is 0 Å². The Balaban J connectivity index is 1.92. The van der Waals surface area contributed by atoms with Crippen LogP contribution < -0.4 is 10.6 Å². The number of anilines is 1. The fraction of sp³-hybridized carbons (Fsp3) is 0.500. The summed E-state index contributed by atoms with van der Waals surface area (Å²) in [7, 11) is 0. The van der Waals surface area contributed by atoms with Gasteiger partial charge in [-0.1, -0.05) is 18.2 Å². The maximum absolute atomic E-state index is 3.66. The molecule has 1 fully saturated rings. The Labute approximate surface area is 84.7 Å². The minimum atomic E-state index is 0.217. The van der Waals surface area contributed by atoms with Crippen LogP contribution in [0.15, 0.2) is 24.3 Å². The monoisotopic (exact) mass is 188 g/mol. The van der Waals surface area contributed by atoms with Gasteiger partial charge in [-0.05, 0) is 37.3 Å². The number of hydrogen-bond donors (Lipinski definition) is 2. The number of hydrogen-bond acceptors (Lipinski definition) is 2. The molecule has 0 atom stereocenters. The molecule has 1 aliphatic heterocycles. The number of para-hydroxylation sites is 1. The summed E-state index contributed by atoms with van der Waals surface area (Å²) in [4.78, 5) is 0. The molecule has 1 spiro atoms. The molecule has 1 aliphatic carbocycles. The lowest BCUT2D eigenvalue weighted by atomic mass is 10.0. The molecule has 1 aromatic rings. The molecule has 0 amide bonds. The van der Waals surface area contributed by atoms with E-state index in [0.29, 0.717) is 0 Å². The summed E-state index contributed by atoms with van der Waals surface area (Å²) in [5.41, 5.74) is 2.94. The highest BCUT2D eigenvalue weighted by atomic mass is 15.2. The second kappa shape index (κ2) is 2.99. The highest BCUT2D eigenvalue weighted by Crippen LogP contribution is 2.35. The van der Waals surface area contributed by atoms with Crippen LogP contribution in [0.3, 0.4) is 0 Å². The first-order valence-electron chi connectivity index (χ1n) is 5.49.